The molecule has 0 heterocycles. The Kier molecular flexibility index (Phi) is 10.7. The number of benzene rings is 2. The molecule has 0 aliphatic heterocycles. The van der Waals surface area contributed by atoms with Gasteiger partial charge in [-0.3, -0.25) is 4.79 Å². The Balaban J connectivity index is 1.93. The van der Waals surface area contributed by atoms with Crippen molar-refractivity contribution in [1.82, 2.24) is 5.32 Å². The van der Waals surface area contributed by atoms with Gasteiger partial charge in [0, 0.05) is 16.7 Å². The lowest BCUT2D eigenvalue weighted by Crippen LogP contribution is -2.20. The van der Waals surface area contributed by atoms with Gasteiger partial charge in [-0.25, -0.2) is 0 Å². The number of unbranched alkanes of at least 4 members (excludes halogenated alkanes) is 3. The van der Waals surface area contributed by atoms with Gasteiger partial charge in [0.25, 0.3) is 5.91 Å². The third kappa shape index (κ3) is 8.36. The highest BCUT2D eigenvalue weighted by molar-refractivity contribution is 9.10. The summed E-state index contributed by atoms with van der Waals surface area (Å²) in [5, 5.41) is 6.32. The van der Waals surface area contributed by atoms with Gasteiger partial charge in [0.1, 0.15) is 0 Å². The standard InChI is InChI=1S/C24H33BrN2O3/c1-4-6-7-8-13-26-16-19-14-22(29-5-2)23(15-21(19)25)30-17-24(28)27-20-11-9-18(3)10-12-20/h9-12,14-15,26H,4-8,13,16-17H2,1-3H3,(H,27,28). The van der Waals surface area contributed by atoms with Gasteiger partial charge >= 0.3 is 0 Å². The molecule has 0 bridgehead atoms. The maximum atomic E-state index is 12.2. The molecule has 1 amide bonds. The van der Waals surface area contributed by atoms with Crippen molar-refractivity contribution in [2.75, 3.05) is 25.1 Å². The highest BCUT2D eigenvalue weighted by Crippen LogP contribution is 2.34. The van der Waals surface area contributed by atoms with E-state index in [0.29, 0.717) is 18.1 Å². The molecule has 5 nitrogen and oxygen atoms in total. The summed E-state index contributed by atoms with van der Waals surface area (Å²) in [6.07, 6.45) is 4.96. The molecule has 0 aliphatic carbocycles. The maximum absolute atomic E-state index is 12.2. The minimum atomic E-state index is -0.213. The average Bonchev–Trinajstić information content (AvgIpc) is 2.73. The third-order valence-corrected chi connectivity index (χ3v) is 5.37. The average molecular weight is 477 g/mol. The number of nitrogens with one attached hydrogen (secondary N) is 2. The van der Waals surface area contributed by atoms with Gasteiger partial charge in [-0.15, -0.1) is 0 Å². The van der Waals surface area contributed by atoms with E-state index in [9.17, 15) is 4.79 Å². The molecule has 0 saturated heterocycles. The number of hydrogen-bond donors (Lipinski definition) is 2. The number of carbonyl (C=O) groups excluding carboxylic acids is 1. The van der Waals surface area contributed by atoms with Crippen molar-refractivity contribution in [1.29, 1.82) is 0 Å². The van der Waals surface area contributed by atoms with Crippen LogP contribution in [0, 0.1) is 6.92 Å². The Hall–Kier alpha value is -2.05. The van der Waals surface area contributed by atoms with Gasteiger partial charge in [0.15, 0.2) is 18.1 Å². The second-order valence-electron chi connectivity index (χ2n) is 7.26. The van der Waals surface area contributed by atoms with Crippen molar-refractivity contribution in [2.45, 2.75) is 53.0 Å². The van der Waals surface area contributed by atoms with Crippen LogP contribution in [0.5, 0.6) is 11.5 Å². The quantitative estimate of drug-likeness (QED) is 0.356. The van der Waals surface area contributed by atoms with E-state index in [1.807, 2.05) is 50.2 Å². The molecule has 0 aliphatic rings. The zero-order valence-corrected chi connectivity index (χ0v) is 19.8. The van der Waals surface area contributed by atoms with Gasteiger partial charge < -0.3 is 20.1 Å². The molecule has 164 valence electrons. The summed E-state index contributed by atoms with van der Waals surface area (Å²) in [6.45, 7) is 8.34. The molecule has 30 heavy (non-hydrogen) atoms. The van der Waals surface area contributed by atoms with E-state index in [-0.39, 0.29) is 12.5 Å². The predicted octanol–water partition coefficient (Wildman–Crippen LogP) is 5.84. The summed E-state index contributed by atoms with van der Waals surface area (Å²) in [7, 11) is 0. The largest absolute Gasteiger partial charge is 0.490 e. The topological polar surface area (TPSA) is 59.6 Å². The monoisotopic (exact) mass is 476 g/mol. The fourth-order valence-electron chi connectivity index (χ4n) is 2.97. The molecule has 0 saturated carbocycles. The van der Waals surface area contributed by atoms with E-state index >= 15 is 0 Å². The van der Waals surface area contributed by atoms with Crippen molar-refractivity contribution in [3.8, 4) is 11.5 Å². The first-order chi connectivity index (χ1) is 14.5. The Labute approximate surface area is 188 Å². The van der Waals surface area contributed by atoms with Crippen LogP contribution in [0.15, 0.2) is 40.9 Å². The molecule has 6 heteroatoms. The van der Waals surface area contributed by atoms with Crippen LogP contribution in [0.2, 0.25) is 0 Å². The number of rotatable bonds is 13. The summed E-state index contributed by atoms with van der Waals surface area (Å²) < 4.78 is 12.4. The van der Waals surface area contributed by atoms with E-state index in [1.54, 1.807) is 0 Å². The highest BCUT2D eigenvalue weighted by Gasteiger charge is 2.13. The van der Waals surface area contributed by atoms with Crippen molar-refractivity contribution < 1.29 is 14.3 Å². The molecule has 0 aromatic heterocycles. The Bertz CT molecular complexity index is 794. The van der Waals surface area contributed by atoms with Crippen molar-refractivity contribution in [3.63, 3.8) is 0 Å². The van der Waals surface area contributed by atoms with Crippen molar-refractivity contribution in [3.05, 3.63) is 52.0 Å². The molecule has 2 aromatic rings. The lowest BCUT2D eigenvalue weighted by molar-refractivity contribution is -0.118. The maximum Gasteiger partial charge on any atom is 0.262 e. The minimum Gasteiger partial charge on any atom is -0.490 e. The van der Waals surface area contributed by atoms with Crippen LogP contribution in [0.3, 0.4) is 0 Å². The highest BCUT2D eigenvalue weighted by atomic mass is 79.9. The first kappa shape index (κ1) is 24.2. The smallest absolute Gasteiger partial charge is 0.262 e. The van der Waals surface area contributed by atoms with Crippen LogP contribution in [-0.4, -0.2) is 25.7 Å². The van der Waals surface area contributed by atoms with E-state index in [1.165, 1.54) is 25.7 Å². The first-order valence-electron chi connectivity index (χ1n) is 10.7. The first-order valence-corrected chi connectivity index (χ1v) is 11.5. The molecule has 2 rings (SSSR count). The Morgan fingerprint density at radius 2 is 1.73 bits per heavy atom. The van der Waals surface area contributed by atoms with Gasteiger partial charge in [-0.2, -0.15) is 0 Å². The van der Waals surface area contributed by atoms with E-state index < -0.39 is 0 Å². The van der Waals surface area contributed by atoms with Gasteiger partial charge in [-0.05, 0) is 56.6 Å². The normalized spacial score (nSPS) is 10.7. The van der Waals surface area contributed by atoms with E-state index in [2.05, 4.69) is 33.5 Å². The number of halogens is 1. The van der Waals surface area contributed by atoms with Crippen LogP contribution >= 0.6 is 15.9 Å². The Morgan fingerprint density at radius 3 is 2.43 bits per heavy atom. The predicted molar refractivity (Wildman–Crippen MR) is 126 cm³/mol. The van der Waals surface area contributed by atoms with Crippen LogP contribution < -0.4 is 20.1 Å². The zero-order valence-electron chi connectivity index (χ0n) is 18.2. The number of carbonyl (C=O) groups is 1. The molecule has 2 N–H and O–H groups in total. The third-order valence-electron chi connectivity index (χ3n) is 4.63. The molecule has 0 spiro atoms. The SMILES string of the molecule is CCCCCCNCc1cc(OCC)c(OCC(=O)Nc2ccc(C)cc2)cc1Br. The summed E-state index contributed by atoms with van der Waals surface area (Å²) >= 11 is 3.62. The lowest BCUT2D eigenvalue weighted by atomic mass is 10.2. The number of ether oxygens (including phenoxy) is 2. The molecular formula is C24H33BrN2O3. The number of amides is 1. The molecule has 0 radical (unpaired) electrons. The fraction of sp³-hybridized carbons (Fsp3) is 0.458. The van der Waals surface area contributed by atoms with Crippen LogP contribution in [0.25, 0.3) is 0 Å². The molecule has 0 fully saturated rings. The molecular weight excluding hydrogens is 444 g/mol. The summed E-state index contributed by atoms with van der Waals surface area (Å²) in [4.78, 5) is 12.2. The second-order valence-corrected chi connectivity index (χ2v) is 8.12. The van der Waals surface area contributed by atoms with Crippen molar-refractivity contribution in [2.24, 2.45) is 0 Å². The minimum absolute atomic E-state index is 0.0879. The molecule has 2 aromatic carbocycles. The Morgan fingerprint density at radius 1 is 1.00 bits per heavy atom. The van der Waals surface area contributed by atoms with Crippen LogP contribution in [0.4, 0.5) is 5.69 Å². The second kappa shape index (κ2) is 13.3. The summed E-state index contributed by atoms with van der Waals surface area (Å²) in [5.74, 6) is 0.983. The number of anilines is 1. The summed E-state index contributed by atoms with van der Waals surface area (Å²) in [6, 6.07) is 11.5. The number of aryl methyl sites for hydroxylation is 1. The van der Waals surface area contributed by atoms with Gasteiger partial charge in [-0.1, -0.05) is 59.8 Å². The van der Waals surface area contributed by atoms with E-state index in [0.717, 1.165) is 34.4 Å². The van der Waals surface area contributed by atoms with E-state index in [4.69, 9.17) is 9.47 Å². The van der Waals surface area contributed by atoms with Crippen LogP contribution in [0.1, 0.15) is 50.7 Å². The van der Waals surface area contributed by atoms with Gasteiger partial charge in [0.2, 0.25) is 0 Å². The van der Waals surface area contributed by atoms with Crippen LogP contribution in [-0.2, 0) is 11.3 Å². The van der Waals surface area contributed by atoms with Gasteiger partial charge in [0.05, 0.1) is 6.61 Å². The lowest BCUT2D eigenvalue weighted by Gasteiger charge is -2.15. The molecule has 0 unspecified atom stereocenters. The molecule has 0 atom stereocenters. The number of hydrogen-bond acceptors (Lipinski definition) is 4. The summed E-state index contributed by atoms with van der Waals surface area (Å²) in [5.41, 5.74) is 3.00. The zero-order chi connectivity index (χ0) is 21.8. The van der Waals surface area contributed by atoms with Crippen molar-refractivity contribution >= 4 is 27.5 Å². The fourth-order valence-corrected chi connectivity index (χ4v) is 3.43.